The maximum Gasteiger partial charge on any atom is 0.0690 e. The molecule has 1 aromatic carbocycles. The van der Waals surface area contributed by atoms with E-state index in [1.807, 2.05) is 0 Å². The first-order valence-corrected chi connectivity index (χ1v) is 6.14. The fourth-order valence-corrected chi connectivity index (χ4v) is 2.19. The van der Waals surface area contributed by atoms with Crippen molar-refractivity contribution in [1.82, 2.24) is 4.90 Å². The molecule has 2 nitrogen and oxygen atoms in total. The Morgan fingerprint density at radius 2 is 1.94 bits per heavy atom. The lowest BCUT2D eigenvalue weighted by atomic mass is 9.99. The molecule has 2 rings (SSSR count). The van der Waals surface area contributed by atoms with Crippen LogP contribution in [0.15, 0.2) is 24.3 Å². The van der Waals surface area contributed by atoms with Crippen LogP contribution < -0.4 is 0 Å². The van der Waals surface area contributed by atoms with E-state index in [1.54, 1.807) is 0 Å². The van der Waals surface area contributed by atoms with Gasteiger partial charge in [0, 0.05) is 19.6 Å². The third kappa shape index (κ3) is 2.63. The van der Waals surface area contributed by atoms with Gasteiger partial charge in [0.1, 0.15) is 0 Å². The minimum atomic E-state index is -0.203. The summed E-state index contributed by atoms with van der Waals surface area (Å²) in [5.74, 6) is 0.345. The first-order chi connectivity index (χ1) is 7.66. The van der Waals surface area contributed by atoms with Gasteiger partial charge in [0.15, 0.2) is 0 Å². The number of aliphatic hydroxyl groups is 1. The predicted octanol–water partition coefficient (Wildman–Crippen LogP) is 2.06. The van der Waals surface area contributed by atoms with Crippen LogP contribution in [-0.4, -0.2) is 29.2 Å². The second kappa shape index (κ2) is 4.98. The molecule has 88 valence electrons. The number of nitrogens with zero attached hydrogens (tertiary/aromatic N) is 1. The van der Waals surface area contributed by atoms with Crippen LogP contribution in [0.25, 0.3) is 0 Å². The zero-order valence-electron chi connectivity index (χ0n) is 10.2. The molecule has 0 saturated heterocycles. The van der Waals surface area contributed by atoms with Gasteiger partial charge in [0.05, 0.1) is 6.10 Å². The quantitative estimate of drug-likeness (QED) is 0.841. The number of hydrogen-bond acceptors (Lipinski definition) is 2. The number of fused-ring (bicyclic) bond motifs is 1. The third-order valence-electron chi connectivity index (χ3n) is 3.42. The van der Waals surface area contributed by atoms with E-state index in [4.69, 9.17) is 0 Å². The van der Waals surface area contributed by atoms with Crippen LogP contribution in [0, 0.1) is 5.92 Å². The van der Waals surface area contributed by atoms with Gasteiger partial charge in [-0.15, -0.1) is 0 Å². The van der Waals surface area contributed by atoms with Gasteiger partial charge in [-0.1, -0.05) is 38.1 Å². The van der Waals surface area contributed by atoms with Crippen LogP contribution in [0.1, 0.15) is 25.0 Å². The minimum Gasteiger partial charge on any atom is -0.392 e. The van der Waals surface area contributed by atoms with Crippen LogP contribution in [0.2, 0.25) is 0 Å². The molecule has 2 heteroatoms. The van der Waals surface area contributed by atoms with Gasteiger partial charge in [-0.25, -0.2) is 0 Å². The lowest BCUT2D eigenvalue weighted by Gasteiger charge is -2.31. The van der Waals surface area contributed by atoms with Crippen molar-refractivity contribution in [3.05, 3.63) is 35.4 Å². The van der Waals surface area contributed by atoms with Gasteiger partial charge in [0.25, 0.3) is 0 Å². The van der Waals surface area contributed by atoms with Gasteiger partial charge in [-0.2, -0.15) is 0 Å². The van der Waals surface area contributed by atoms with E-state index in [0.717, 1.165) is 26.1 Å². The Bertz CT molecular complexity index is 348. The highest BCUT2D eigenvalue weighted by atomic mass is 16.3. The number of hydrogen-bond donors (Lipinski definition) is 1. The molecule has 0 radical (unpaired) electrons. The van der Waals surface area contributed by atoms with Crippen molar-refractivity contribution in [2.24, 2.45) is 5.92 Å². The molecule has 0 amide bonds. The summed E-state index contributed by atoms with van der Waals surface area (Å²) >= 11 is 0. The van der Waals surface area contributed by atoms with E-state index in [9.17, 15) is 5.11 Å². The largest absolute Gasteiger partial charge is 0.392 e. The number of aliphatic hydroxyl groups excluding tert-OH is 1. The van der Waals surface area contributed by atoms with Crippen molar-refractivity contribution in [2.45, 2.75) is 32.9 Å². The van der Waals surface area contributed by atoms with Crippen molar-refractivity contribution >= 4 is 0 Å². The van der Waals surface area contributed by atoms with E-state index in [2.05, 4.69) is 43.0 Å². The van der Waals surface area contributed by atoms with Gasteiger partial charge >= 0.3 is 0 Å². The molecular formula is C14H21NO. The summed E-state index contributed by atoms with van der Waals surface area (Å²) in [5, 5.41) is 9.89. The highest BCUT2D eigenvalue weighted by Crippen LogP contribution is 2.19. The van der Waals surface area contributed by atoms with Crippen molar-refractivity contribution < 1.29 is 5.11 Å². The summed E-state index contributed by atoms with van der Waals surface area (Å²) in [5.41, 5.74) is 2.89. The SMILES string of the molecule is CC(C)C(O)CN1CCc2ccccc2C1. The van der Waals surface area contributed by atoms with Crippen molar-refractivity contribution in [2.75, 3.05) is 13.1 Å². The van der Waals surface area contributed by atoms with Crippen LogP contribution in [0.3, 0.4) is 0 Å². The Labute approximate surface area is 97.9 Å². The summed E-state index contributed by atoms with van der Waals surface area (Å²) < 4.78 is 0. The average molecular weight is 219 g/mol. The monoisotopic (exact) mass is 219 g/mol. The first kappa shape index (κ1) is 11.6. The van der Waals surface area contributed by atoms with Crippen molar-refractivity contribution in [3.63, 3.8) is 0 Å². The standard InChI is InChI=1S/C14H21NO/c1-11(2)14(16)10-15-8-7-12-5-3-4-6-13(12)9-15/h3-6,11,14,16H,7-10H2,1-2H3. The van der Waals surface area contributed by atoms with E-state index >= 15 is 0 Å². The molecule has 0 saturated carbocycles. The van der Waals surface area contributed by atoms with Crippen LogP contribution >= 0.6 is 0 Å². The van der Waals surface area contributed by atoms with Gasteiger partial charge in [-0.3, -0.25) is 4.90 Å². The molecule has 1 atom stereocenters. The molecule has 16 heavy (non-hydrogen) atoms. The van der Waals surface area contributed by atoms with E-state index in [-0.39, 0.29) is 6.10 Å². The summed E-state index contributed by atoms with van der Waals surface area (Å²) in [6.45, 7) is 7.00. The normalized spacial score (nSPS) is 18.5. The molecule has 1 aliphatic rings. The summed E-state index contributed by atoms with van der Waals surface area (Å²) in [6.07, 6.45) is 0.909. The number of rotatable bonds is 3. The molecule has 0 aromatic heterocycles. The van der Waals surface area contributed by atoms with Gasteiger partial charge in [0.2, 0.25) is 0 Å². The maximum absolute atomic E-state index is 9.89. The fourth-order valence-electron chi connectivity index (χ4n) is 2.19. The number of β-amino-alcohol motifs (C(OH)–C–C–N with tert-alkyl or cyclic N) is 1. The molecule has 1 unspecified atom stereocenters. The highest BCUT2D eigenvalue weighted by Gasteiger charge is 2.19. The second-order valence-electron chi connectivity index (χ2n) is 5.07. The molecule has 0 spiro atoms. The zero-order chi connectivity index (χ0) is 11.5. The minimum absolute atomic E-state index is 0.203. The Morgan fingerprint density at radius 1 is 1.25 bits per heavy atom. The molecule has 0 fully saturated rings. The Balaban J connectivity index is 1.98. The molecule has 0 aliphatic carbocycles. The topological polar surface area (TPSA) is 23.5 Å². The van der Waals surface area contributed by atoms with Crippen LogP contribution in [0.5, 0.6) is 0 Å². The Hall–Kier alpha value is -0.860. The summed E-state index contributed by atoms with van der Waals surface area (Å²) in [4.78, 5) is 2.35. The lowest BCUT2D eigenvalue weighted by molar-refractivity contribution is 0.0710. The van der Waals surface area contributed by atoms with E-state index < -0.39 is 0 Å². The highest BCUT2D eigenvalue weighted by molar-refractivity contribution is 5.29. The van der Waals surface area contributed by atoms with Gasteiger partial charge in [-0.05, 0) is 23.5 Å². The molecule has 1 N–H and O–H groups in total. The smallest absolute Gasteiger partial charge is 0.0690 e. The van der Waals surface area contributed by atoms with E-state index in [0.29, 0.717) is 5.92 Å². The average Bonchev–Trinajstić information content (AvgIpc) is 2.28. The molecule has 1 aliphatic heterocycles. The zero-order valence-corrected chi connectivity index (χ0v) is 10.2. The van der Waals surface area contributed by atoms with Crippen LogP contribution in [-0.2, 0) is 13.0 Å². The van der Waals surface area contributed by atoms with Crippen LogP contribution in [0.4, 0.5) is 0 Å². The maximum atomic E-state index is 9.89. The fraction of sp³-hybridized carbons (Fsp3) is 0.571. The van der Waals surface area contributed by atoms with Crippen molar-refractivity contribution in [1.29, 1.82) is 0 Å². The summed E-state index contributed by atoms with van der Waals surface area (Å²) in [7, 11) is 0. The Kier molecular flexibility index (Phi) is 3.62. The molecule has 1 heterocycles. The van der Waals surface area contributed by atoms with Gasteiger partial charge < -0.3 is 5.11 Å². The Morgan fingerprint density at radius 3 is 2.62 bits per heavy atom. The molecule has 0 bridgehead atoms. The second-order valence-corrected chi connectivity index (χ2v) is 5.07. The molecule has 1 aromatic rings. The van der Waals surface area contributed by atoms with E-state index in [1.165, 1.54) is 11.1 Å². The summed E-state index contributed by atoms with van der Waals surface area (Å²) in [6, 6.07) is 8.62. The lowest BCUT2D eigenvalue weighted by Crippen LogP contribution is -2.38. The van der Waals surface area contributed by atoms with Crippen molar-refractivity contribution in [3.8, 4) is 0 Å². The first-order valence-electron chi connectivity index (χ1n) is 6.14. The third-order valence-corrected chi connectivity index (χ3v) is 3.42. The molecular weight excluding hydrogens is 198 g/mol. The number of benzene rings is 1. The predicted molar refractivity (Wildman–Crippen MR) is 66.3 cm³/mol.